The summed E-state index contributed by atoms with van der Waals surface area (Å²) < 4.78 is 10.8. The summed E-state index contributed by atoms with van der Waals surface area (Å²) in [6.07, 6.45) is 0. The fraction of sp³-hybridized carbons (Fsp3) is 0.688. The van der Waals surface area contributed by atoms with Crippen LogP contribution in [0.5, 0.6) is 0 Å². The Kier molecular flexibility index (Phi) is 7.41. The molecule has 0 aliphatic carbocycles. The SMILES string of the molecule is CCNC(=NCC(C)(O)c1cc(C)oc1C)NCCOCC. The van der Waals surface area contributed by atoms with Gasteiger partial charge in [-0.05, 0) is 40.7 Å². The second kappa shape index (κ2) is 8.80. The van der Waals surface area contributed by atoms with Crippen molar-refractivity contribution in [1.29, 1.82) is 0 Å². The number of rotatable bonds is 8. The van der Waals surface area contributed by atoms with Crippen molar-refractivity contribution in [2.24, 2.45) is 4.99 Å². The van der Waals surface area contributed by atoms with Gasteiger partial charge in [-0.1, -0.05) is 0 Å². The van der Waals surface area contributed by atoms with Crippen molar-refractivity contribution < 1.29 is 14.3 Å². The maximum absolute atomic E-state index is 10.7. The van der Waals surface area contributed by atoms with Gasteiger partial charge in [0.05, 0.1) is 13.2 Å². The number of ether oxygens (including phenoxy) is 1. The van der Waals surface area contributed by atoms with E-state index in [0.29, 0.717) is 25.7 Å². The lowest BCUT2D eigenvalue weighted by molar-refractivity contribution is 0.0656. The minimum atomic E-state index is -1.07. The van der Waals surface area contributed by atoms with E-state index in [1.54, 1.807) is 6.92 Å². The largest absolute Gasteiger partial charge is 0.466 e. The van der Waals surface area contributed by atoms with Crippen molar-refractivity contribution in [3.8, 4) is 0 Å². The lowest BCUT2D eigenvalue weighted by Crippen LogP contribution is -2.40. The molecule has 0 aliphatic heterocycles. The normalized spacial score (nSPS) is 14.7. The minimum Gasteiger partial charge on any atom is -0.466 e. The quantitative estimate of drug-likeness (QED) is 0.387. The minimum absolute atomic E-state index is 0.247. The summed E-state index contributed by atoms with van der Waals surface area (Å²) in [5.41, 5.74) is -0.289. The van der Waals surface area contributed by atoms with Crippen LogP contribution < -0.4 is 10.6 Å². The molecule has 22 heavy (non-hydrogen) atoms. The second-order valence-corrected chi connectivity index (χ2v) is 5.42. The summed E-state index contributed by atoms with van der Waals surface area (Å²) in [7, 11) is 0. The Labute approximate surface area is 133 Å². The number of aryl methyl sites for hydroxylation is 2. The van der Waals surface area contributed by atoms with Crippen molar-refractivity contribution >= 4 is 5.96 Å². The topological polar surface area (TPSA) is 79.0 Å². The molecule has 0 amide bonds. The van der Waals surface area contributed by atoms with E-state index in [1.165, 1.54) is 0 Å². The first-order valence-corrected chi connectivity index (χ1v) is 7.80. The van der Waals surface area contributed by atoms with Crippen LogP contribution in [0.25, 0.3) is 0 Å². The van der Waals surface area contributed by atoms with Gasteiger partial charge in [-0.2, -0.15) is 0 Å². The molecule has 126 valence electrons. The van der Waals surface area contributed by atoms with E-state index in [9.17, 15) is 5.11 Å². The number of hydrogen-bond acceptors (Lipinski definition) is 4. The zero-order chi connectivity index (χ0) is 16.6. The fourth-order valence-electron chi connectivity index (χ4n) is 2.21. The third-order valence-corrected chi connectivity index (χ3v) is 3.25. The van der Waals surface area contributed by atoms with Gasteiger partial charge in [-0.15, -0.1) is 0 Å². The van der Waals surface area contributed by atoms with Crippen LogP contribution >= 0.6 is 0 Å². The van der Waals surface area contributed by atoms with Gasteiger partial charge in [-0.25, -0.2) is 4.99 Å². The number of hydrogen-bond donors (Lipinski definition) is 3. The zero-order valence-corrected chi connectivity index (χ0v) is 14.3. The molecule has 0 saturated heterocycles. The number of aliphatic hydroxyl groups is 1. The highest BCUT2D eigenvalue weighted by molar-refractivity contribution is 5.79. The lowest BCUT2D eigenvalue weighted by atomic mass is 9.96. The predicted octanol–water partition coefficient (Wildman–Crippen LogP) is 1.70. The lowest BCUT2D eigenvalue weighted by Gasteiger charge is -2.21. The van der Waals surface area contributed by atoms with Crippen molar-refractivity contribution in [1.82, 2.24) is 10.6 Å². The third-order valence-electron chi connectivity index (χ3n) is 3.25. The van der Waals surface area contributed by atoms with Gasteiger partial charge in [-0.3, -0.25) is 0 Å². The number of aliphatic imine (C=N–C) groups is 1. The predicted molar refractivity (Wildman–Crippen MR) is 88.2 cm³/mol. The van der Waals surface area contributed by atoms with Crippen LogP contribution in [0.15, 0.2) is 15.5 Å². The Morgan fingerprint density at radius 2 is 2.09 bits per heavy atom. The van der Waals surface area contributed by atoms with Gasteiger partial charge in [0.25, 0.3) is 0 Å². The Balaban J connectivity index is 2.68. The Bertz CT molecular complexity index is 481. The molecule has 0 fully saturated rings. The monoisotopic (exact) mass is 311 g/mol. The van der Waals surface area contributed by atoms with Crippen molar-refractivity contribution in [2.45, 2.75) is 40.2 Å². The Morgan fingerprint density at radius 3 is 2.64 bits per heavy atom. The summed E-state index contributed by atoms with van der Waals surface area (Å²) in [6, 6.07) is 1.86. The molecule has 1 aromatic rings. The van der Waals surface area contributed by atoms with Crippen molar-refractivity contribution in [3.63, 3.8) is 0 Å². The van der Waals surface area contributed by atoms with Crippen LogP contribution in [-0.2, 0) is 10.3 Å². The van der Waals surface area contributed by atoms with Crippen molar-refractivity contribution in [3.05, 3.63) is 23.2 Å². The molecule has 0 aromatic carbocycles. The first-order valence-electron chi connectivity index (χ1n) is 7.80. The van der Waals surface area contributed by atoms with E-state index in [1.807, 2.05) is 33.8 Å². The summed E-state index contributed by atoms with van der Waals surface area (Å²) >= 11 is 0. The van der Waals surface area contributed by atoms with Crippen LogP contribution in [0.4, 0.5) is 0 Å². The number of nitrogens with one attached hydrogen (secondary N) is 2. The zero-order valence-electron chi connectivity index (χ0n) is 14.3. The molecular weight excluding hydrogens is 282 g/mol. The van der Waals surface area contributed by atoms with Gasteiger partial charge in [0.2, 0.25) is 0 Å². The van der Waals surface area contributed by atoms with E-state index in [-0.39, 0.29) is 6.54 Å². The Morgan fingerprint density at radius 1 is 1.36 bits per heavy atom. The molecule has 0 aliphatic rings. The van der Waals surface area contributed by atoms with Gasteiger partial charge in [0.15, 0.2) is 5.96 Å². The molecule has 6 nitrogen and oxygen atoms in total. The van der Waals surface area contributed by atoms with Crippen LogP contribution in [0.1, 0.15) is 37.9 Å². The molecule has 1 rings (SSSR count). The number of furan rings is 1. The van der Waals surface area contributed by atoms with Crippen LogP contribution in [-0.4, -0.2) is 43.9 Å². The maximum atomic E-state index is 10.7. The van der Waals surface area contributed by atoms with Crippen molar-refractivity contribution in [2.75, 3.05) is 32.8 Å². The standard InChI is InChI=1S/C16H29N3O3/c1-6-17-15(18-8-9-21-7-2)19-11-16(5,20)14-10-12(3)22-13(14)4/h10,20H,6-9,11H2,1-5H3,(H2,17,18,19). The average molecular weight is 311 g/mol. The van der Waals surface area contributed by atoms with E-state index in [2.05, 4.69) is 15.6 Å². The molecule has 1 atom stereocenters. The molecule has 0 bridgehead atoms. The van der Waals surface area contributed by atoms with Gasteiger partial charge in [0.1, 0.15) is 17.1 Å². The van der Waals surface area contributed by atoms with Crippen LogP contribution in [0.3, 0.4) is 0 Å². The van der Waals surface area contributed by atoms with Gasteiger partial charge < -0.3 is 24.9 Å². The van der Waals surface area contributed by atoms with E-state index < -0.39 is 5.60 Å². The Hall–Kier alpha value is -1.53. The molecule has 3 N–H and O–H groups in total. The number of guanidine groups is 1. The van der Waals surface area contributed by atoms with E-state index in [4.69, 9.17) is 9.15 Å². The first-order chi connectivity index (χ1) is 10.4. The number of nitrogens with zero attached hydrogens (tertiary/aromatic N) is 1. The molecular formula is C16H29N3O3. The van der Waals surface area contributed by atoms with Gasteiger partial charge in [0, 0.05) is 25.3 Å². The summed E-state index contributed by atoms with van der Waals surface area (Å²) in [5.74, 6) is 2.19. The average Bonchev–Trinajstić information content (AvgIpc) is 2.80. The van der Waals surface area contributed by atoms with Crippen LogP contribution in [0.2, 0.25) is 0 Å². The molecule has 0 saturated carbocycles. The highest BCUT2D eigenvalue weighted by atomic mass is 16.5. The second-order valence-electron chi connectivity index (χ2n) is 5.42. The summed E-state index contributed by atoms with van der Waals surface area (Å²) in [6.45, 7) is 12.4. The van der Waals surface area contributed by atoms with E-state index >= 15 is 0 Å². The third kappa shape index (κ3) is 5.69. The molecule has 0 radical (unpaired) electrons. The molecule has 6 heteroatoms. The maximum Gasteiger partial charge on any atom is 0.191 e. The summed E-state index contributed by atoms with van der Waals surface area (Å²) in [4.78, 5) is 4.46. The highest BCUT2D eigenvalue weighted by Crippen LogP contribution is 2.27. The first kappa shape index (κ1) is 18.5. The smallest absolute Gasteiger partial charge is 0.191 e. The molecule has 0 spiro atoms. The molecule has 1 unspecified atom stereocenters. The molecule has 1 heterocycles. The fourth-order valence-corrected chi connectivity index (χ4v) is 2.21. The van der Waals surface area contributed by atoms with Crippen LogP contribution in [0, 0.1) is 13.8 Å². The highest BCUT2D eigenvalue weighted by Gasteiger charge is 2.27. The molecule has 1 aromatic heterocycles. The van der Waals surface area contributed by atoms with Gasteiger partial charge >= 0.3 is 0 Å². The van der Waals surface area contributed by atoms with E-state index in [0.717, 1.165) is 23.6 Å². The summed E-state index contributed by atoms with van der Waals surface area (Å²) in [5, 5.41) is 17.0.